The number of rotatable bonds is 1. The van der Waals surface area contributed by atoms with Crippen molar-refractivity contribution in [1.82, 2.24) is 0 Å². The molecule has 0 unspecified atom stereocenters. The number of hydrogen-bond donors (Lipinski definition) is 1. The van der Waals surface area contributed by atoms with Crippen LogP contribution in [0.1, 0.15) is 29.5 Å². The van der Waals surface area contributed by atoms with Gasteiger partial charge in [-0.05, 0) is 41.7 Å². The summed E-state index contributed by atoms with van der Waals surface area (Å²) in [5.74, 6) is 0.654. The fourth-order valence-electron chi connectivity index (χ4n) is 3.56. The number of fused-ring (bicyclic) bond motifs is 3. The van der Waals surface area contributed by atoms with Crippen LogP contribution in [0.4, 0.5) is 10.1 Å². The number of nitrogens with one attached hydrogen (secondary N) is 1. The first kappa shape index (κ1) is 11.7. The predicted molar refractivity (Wildman–Crippen MR) is 79.2 cm³/mol. The third-order valence-corrected chi connectivity index (χ3v) is 4.48. The van der Waals surface area contributed by atoms with Gasteiger partial charge in [0.15, 0.2) is 0 Å². The van der Waals surface area contributed by atoms with Crippen molar-refractivity contribution in [2.75, 3.05) is 5.32 Å². The second-order valence-corrected chi connectivity index (χ2v) is 5.62. The van der Waals surface area contributed by atoms with Crippen LogP contribution in [-0.4, -0.2) is 0 Å². The maximum absolute atomic E-state index is 13.5. The van der Waals surface area contributed by atoms with E-state index in [1.54, 1.807) is 6.07 Å². The molecule has 0 saturated carbocycles. The van der Waals surface area contributed by atoms with Gasteiger partial charge in [-0.25, -0.2) is 4.39 Å². The summed E-state index contributed by atoms with van der Waals surface area (Å²) >= 11 is 0. The van der Waals surface area contributed by atoms with Crippen molar-refractivity contribution in [3.05, 3.63) is 77.6 Å². The lowest BCUT2D eigenvalue weighted by atomic mass is 9.77. The van der Waals surface area contributed by atoms with E-state index < -0.39 is 0 Å². The summed E-state index contributed by atoms with van der Waals surface area (Å²) in [5.41, 5.74) is 3.46. The van der Waals surface area contributed by atoms with Crippen LogP contribution >= 0.6 is 0 Å². The summed E-state index contributed by atoms with van der Waals surface area (Å²) in [7, 11) is 0. The molecule has 20 heavy (non-hydrogen) atoms. The van der Waals surface area contributed by atoms with Crippen molar-refractivity contribution in [3.63, 3.8) is 0 Å². The summed E-state index contributed by atoms with van der Waals surface area (Å²) < 4.78 is 13.5. The summed E-state index contributed by atoms with van der Waals surface area (Å²) in [6, 6.07) is 15.9. The molecule has 0 amide bonds. The largest absolute Gasteiger partial charge is 0.378 e. The van der Waals surface area contributed by atoms with E-state index >= 15 is 0 Å². The summed E-state index contributed by atoms with van der Waals surface area (Å²) in [5, 5.41) is 3.61. The number of hydrogen-bond acceptors (Lipinski definition) is 1. The van der Waals surface area contributed by atoms with Gasteiger partial charge >= 0.3 is 0 Å². The minimum absolute atomic E-state index is 0.150. The average molecular weight is 265 g/mol. The third-order valence-electron chi connectivity index (χ3n) is 4.48. The second-order valence-electron chi connectivity index (χ2n) is 5.62. The van der Waals surface area contributed by atoms with Crippen LogP contribution in [0, 0.1) is 11.7 Å². The molecule has 0 saturated heterocycles. The molecule has 2 heteroatoms. The van der Waals surface area contributed by atoms with Gasteiger partial charge in [-0.2, -0.15) is 0 Å². The van der Waals surface area contributed by atoms with Gasteiger partial charge in [0.2, 0.25) is 0 Å². The van der Waals surface area contributed by atoms with Crippen molar-refractivity contribution >= 4 is 5.69 Å². The van der Waals surface area contributed by atoms with E-state index in [0.717, 1.165) is 17.7 Å². The van der Waals surface area contributed by atoms with E-state index in [1.165, 1.54) is 11.6 Å². The van der Waals surface area contributed by atoms with Gasteiger partial charge in [0.05, 0.1) is 6.04 Å². The highest BCUT2D eigenvalue weighted by Gasteiger charge is 2.37. The maximum Gasteiger partial charge on any atom is 0.123 e. The van der Waals surface area contributed by atoms with E-state index in [9.17, 15) is 4.39 Å². The summed E-state index contributed by atoms with van der Waals surface area (Å²) in [6.45, 7) is 0. The molecule has 0 bridgehead atoms. The molecule has 0 spiro atoms. The Labute approximate surface area is 118 Å². The van der Waals surface area contributed by atoms with Gasteiger partial charge in [0.25, 0.3) is 0 Å². The molecule has 1 nitrogen and oxygen atoms in total. The van der Waals surface area contributed by atoms with Gasteiger partial charge < -0.3 is 5.32 Å². The summed E-state index contributed by atoms with van der Waals surface area (Å²) in [6.07, 6.45) is 5.51. The molecule has 1 aliphatic carbocycles. The lowest BCUT2D eigenvalue weighted by Gasteiger charge is -2.37. The fourth-order valence-corrected chi connectivity index (χ4v) is 3.56. The van der Waals surface area contributed by atoms with Gasteiger partial charge in [0.1, 0.15) is 5.82 Å². The number of allylic oxidation sites excluding steroid dienone is 2. The molecule has 3 atom stereocenters. The van der Waals surface area contributed by atoms with Gasteiger partial charge in [-0.3, -0.25) is 0 Å². The molecular weight excluding hydrogens is 249 g/mol. The first-order valence-electron chi connectivity index (χ1n) is 7.10. The standard InChI is InChI=1S/C18H16FN/c19-13-9-10-17-16(11-13)14-7-4-8-15(14)18(20-17)12-5-2-1-3-6-12/h1-7,9-11,14-15,18,20H,8H2/t14-,15-,18-/m0/s1. The first-order chi connectivity index (χ1) is 9.83. The Balaban J connectivity index is 1.80. The zero-order chi connectivity index (χ0) is 13.5. The summed E-state index contributed by atoms with van der Waals surface area (Å²) in [4.78, 5) is 0. The Morgan fingerprint density at radius 2 is 1.90 bits per heavy atom. The van der Waals surface area contributed by atoms with E-state index in [4.69, 9.17) is 0 Å². The Kier molecular flexibility index (Phi) is 2.62. The maximum atomic E-state index is 13.5. The molecular formula is C18H16FN. The Bertz CT molecular complexity index is 662. The molecule has 2 aliphatic rings. The molecule has 1 aliphatic heterocycles. The van der Waals surface area contributed by atoms with Crippen LogP contribution in [0.2, 0.25) is 0 Å². The smallest absolute Gasteiger partial charge is 0.123 e. The Morgan fingerprint density at radius 3 is 2.75 bits per heavy atom. The Hall–Kier alpha value is -2.09. The van der Waals surface area contributed by atoms with Crippen molar-refractivity contribution < 1.29 is 4.39 Å². The monoisotopic (exact) mass is 265 g/mol. The van der Waals surface area contributed by atoms with E-state index in [-0.39, 0.29) is 5.82 Å². The van der Waals surface area contributed by atoms with Crippen LogP contribution in [0.3, 0.4) is 0 Å². The molecule has 2 aromatic carbocycles. The van der Waals surface area contributed by atoms with Crippen molar-refractivity contribution in [2.24, 2.45) is 5.92 Å². The minimum Gasteiger partial charge on any atom is -0.378 e. The van der Waals surface area contributed by atoms with Crippen molar-refractivity contribution in [1.29, 1.82) is 0 Å². The highest BCUT2D eigenvalue weighted by molar-refractivity contribution is 5.59. The highest BCUT2D eigenvalue weighted by Crippen LogP contribution is 2.49. The third kappa shape index (κ3) is 1.75. The number of benzene rings is 2. The second kappa shape index (κ2) is 4.48. The minimum atomic E-state index is -0.150. The topological polar surface area (TPSA) is 12.0 Å². The molecule has 1 heterocycles. The molecule has 0 aromatic heterocycles. The van der Waals surface area contributed by atoms with Crippen LogP contribution in [0.15, 0.2) is 60.7 Å². The predicted octanol–water partition coefficient (Wildman–Crippen LogP) is 4.65. The van der Waals surface area contributed by atoms with Crippen LogP contribution in [-0.2, 0) is 0 Å². The van der Waals surface area contributed by atoms with Crippen LogP contribution in [0.5, 0.6) is 0 Å². The first-order valence-corrected chi connectivity index (χ1v) is 7.10. The Morgan fingerprint density at radius 1 is 1.05 bits per heavy atom. The molecule has 0 fully saturated rings. The van der Waals surface area contributed by atoms with Gasteiger partial charge in [-0.15, -0.1) is 0 Å². The lowest BCUT2D eigenvalue weighted by molar-refractivity contribution is 0.424. The van der Waals surface area contributed by atoms with Crippen LogP contribution in [0.25, 0.3) is 0 Å². The molecule has 1 N–H and O–H groups in total. The van der Waals surface area contributed by atoms with Gasteiger partial charge in [-0.1, -0.05) is 42.5 Å². The van der Waals surface area contributed by atoms with Crippen LogP contribution < -0.4 is 5.32 Å². The molecule has 0 radical (unpaired) electrons. The van der Waals surface area contributed by atoms with Gasteiger partial charge in [0, 0.05) is 11.6 Å². The van der Waals surface area contributed by atoms with Crippen molar-refractivity contribution in [2.45, 2.75) is 18.4 Å². The lowest BCUT2D eigenvalue weighted by Crippen LogP contribution is -2.29. The normalized spacial score (nSPS) is 26.8. The van der Waals surface area contributed by atoms with E-state index in [0.29, 0.717) is 17.9 Å². The number of halogens is 1. The van der Waals surface area contributed by atoms with Crippen molar-refractivity contribution in [3.8, 4) is 0 Å². The SMILES string of the molecule is Fc1ccc2c(c1)[C@H]1C=CC[C@@H]1[C@H](c1ccccc1)N2. The molecule has 2 aromatic rings. The zero-order valence-electron chi connectivity index (χ0n) is 11.1. The highest BCUT2D eigenvalue weighted by atomic mass is 19.1. The average Bonchev–Trinajstić information content (AvgIpc) is 2.97. The quantitative estimate of drug-likeness (QED) is 0.740. The molecule has 4 rings (SSSR count). The van der Waals surface area contributed by atoms with E-state index in [2.05, 4.69) is 41.7 Å². The fraction of sp³-hybridized carbons (Fsp3) is 0.222. The number of anilines is 1. The van der Waals surface area contributed by atoms with E-state index in [1.807, 2.05) is 12.1 Å². The zero-order valence-corrected chi connectivity index (χ0v) is 11.1. The molecule has 100 valence electrons.